The van der Waals surface area contributed by atoms with Crippen molar-refractivity contribution in [1.82, 2.24) is 10.2 Å². The van der Waals surface area contributed by atoms with Crippen LogP contribution in [0, 0.1) is 11.8 Å². The topological polar surface area (TPSA) is 69.6 Å². The normalized spacial score (nSPS) is 17.3. The minimum Gasteiger partial charge on any atom is -0.396 e. The zero-order chi connectivity index (χ0) is 17.2. The lowest BCUT2D eigenvalue weighted by molar-refractivity contribution is -0.138. The van der Waals surface area contributed by atoms with Gasteiger partial charge in [-0.2, -0.15) is 0 Å². The van der Waals surface area contributed by atoms with Gasteiger partial charge in [0.25, 0.3) is 0 Å². The number of likely N-dealkylation sites (tertiary alicyclic amines) is 1. The molecule has 0 aliphatic carbocycles. The van der Waals surface area contributed by atoms with Crippen molar-refractivity contribution >= 4 is 11.8 Å². The number of unbranched alkanes of at least 4 members (excludes halogenated alkanes) is 1. The number of carbonyl (C=O) groups excluding carboxylic acids is 2. The summed E-state index contributed by atoms with van der Waals surface area (Å²) in [4.78, 5) is 26.4. The van der Waals surface area contributed by atoms with Gasteiger partial charge in [-0.1, -0.05) is 33.6 Å². The van der Waals surface area contributed by atoms with E-state index in [0.29, 0.717) is 37.8 Å². The third kappa shape index (κ3) is 7.34. The summed E-state index contributed by atoms with van der Waals surface area (Å²) in [5.41, 5.74) is 0. The fraction of sp³-hybridized carbons (Fsp3) is 0.889. The molecule has 5 nitrogen and oxygen atoms in total. The Morgan fingerprint density at radius 2 is 1.87 bits per heavy atom. The van der Waals surface area contributed by atoms with Crippen LogP contribution in [0.3, 0.4) is 0 Å². The average molecular weight is 326 g/mol. The summed E-state index contributed by atoms with van der Waals surface area (Å²) in [5.74, 6) is 0.998. The zero-order valence-corrected chi connectivity index (χ0v) is 15.0. The number of amides is 2. The van der Waals surface area contributed by atoms with Crippen molar-refractivity contribution in [2.75, 3.05) is 19.7 Å². The standard InChI is InChI=1S/C18H34N2O3/c1-4-16(19-17(22)8-6-5-7-14(2)3)18(23)20-11-9-15(13-21)10-12-20/h14-16,21H,4-13H2,1-3H3,(H,19,22)/t16-/m0/s1. The van der Waals surface area contributed by atoms with Gasteiger partial charge in [-0.25, -0.2) is 0 Å². The smallest absolute Gasteiger partial charge is 0.245 e. The molecule has 0 spiro atoms. The predicted molar refractivity (Wildman–Crippen MR) is 91.9 cm³/mol. The molecule has 1 saturated heterocycles. The molecule has 23 heavy (non-hydrogen) atoms. The lowest BCUT2D eigenvalue weighted by Crippen LogP contribution is -2.50. The Morgan fingerprint density at radius 3 is 2.39 bits per heavy atom. The van der Waals surface area contributed by atoms with Crippen LogP contribution in [-0.2, 0) is 9.59 Å². The van der Waals surface area contributed by atoms with Gasteiger partial charge in [-0.05, 0) is 37.5 Å². The summed E-state index contributed by atoms with van der Waals surface area (Å²) >= 11 is 0. The van der Waals surface area contributed by atoms with Crippen LogP contribution in [0.2, 0.25) is 0 Å². The van der Waals surface area contributed by atoms with Crippen molar-refractivity contribution in [2.45, 2.75) is 71.8 Å². The molecule has 2 amide bonds. The second-order valence-electron chi connectivity index (χ2n) is 7.12. The molecule has 0 aromatic rings. The van der Waals surface area contributed by atoms with E-state index in [1.54, 1.807) is 0 Å². The Hall–Kier alpha value is -1.10. The number of rotatable bonds is 9. The molecule has 5 heteroatoms. The SMILES string of the molecule is CC[C@H](NC(=O)CCCCC(C)C)C(=O)N1CCC(CO)CC1. The maximum atomic E-state index is 12.5. The summed E-state index contributed by atoms with van der Waals surface area (Å²) in [5, 5.41) is 12.1. The summed E-state index contributed by atoms with van der Waals surface area (Å²) in [6.07, 6.45) is 5.91. The summed E-state index contributed by atoms with van der Waals surface area (Å²) in [6.45, 7) is 7.88. The van der Waals surface area contributed by atoms with Crippen LogP contribution in [0.15, 0.2) is 0 Å². The summed E-state index contributed by atoms with van der Waals surface area (Å²) in [7, 11) is 0. The van der Waals surface area contributed by atoms with Gasteiger partial charge >= 0.3 is 0 Å². The van der Waals surface area contributed by atoms with Gasteiger partial charge in [0.05, 0.1) is 0 Å². The van der Waals surface area contributed by atoms with Crippen molar-refractivity contribution in [3.8, 4) is 0 Å². The fourth-order valence-corrected chi connectivity index (χ4v) is 3.00. The molecule has 0 saturated carbocycles. The first-order valence-corrected chi connectivity index (χ1v) is 9.16. The van der Waals surface area contributed by atoms with E-state index in [2.05, 4.69) is 19.2 Å². The van der Waals surface area contributed by atoms with Crippen LogP contribution >= 0.6 is 0 Å². The highest BCUT2D eigenvalue weighted by Crippen LogP contribution is 2.17. The van der Waals surface area contributed by atoms with E-state index in [1.165, 1.54) is 0 Å². The van der Waals surface area contributed by atoms with Gasteiger partial charge in [0.2, 0.25) is 11.8 Å². The second kappa shape index (κ2) is 10.6. The molecule has 0 unspecified atom stereocenters. The monoisotopic (exact) mass is 326 g/mol. The van der Waals surface area contributed by atoms with E-state index < -0.39 is 6.04 Å². The van der Waals surface area contributed by atoms with Gasteiger partial charge in [-0.15, -0.1) is 0 Å². The lowest BCUT2D eigenvalue weighted by atomic mass is 9.97. The van der Waals surface area contributed by atoms with Crippen molar-refractivity contribution in [2.24, 2.45) is 11.8 Å². The Morgan fingerprint density at radius 1 is 1.22 bits per heavy atom. The highest BCUT2D eigenvalue weighted by atomic mass is 16.3. The number of nitrogens with one attached hydrogen (secondary N) is 1. The molecule has 1 atom stereocenters. The number of carbonyl (C=O) groups is 2. The molecule has 2 N–H and O–H groups in total. The molecule has 0 aromatic heterocycles. The van der Waals surface area contributed by atoms with Gasteiger partial charge in [0, 0.05) is 26.1 Å². The zero-order valence-electron chi connectivity index (χ0n) is 15.0. The van der Waals surface area contributed by atoms with Crippen LogP contribution < -0.4 is 5.32 Å². The molecular formula is C18H34N2O3. The Balaban J connectivity index is 2.34. The first-order chi connectivity index (χ1) is 11.0. The van der Waals surface area contributed by atoms with Gasteiger partial charge in [0.15, 0.2) is 0 Å². The molecular weight excluding hydrogens is 292 g/mol. The Kier molecular flexibility index (Phi) is 9.22. The number of hydrogen-bond donors (Lipinski definition) is 2. The first-order valence-electron chi connectivity index (χ1n) is 9.16. The van der Waals surface area contributed by atoms with Crippen LogP contribution in [0.5, 0.6) is 0 Å². The molecule has 1 heterocycles. The maximum Gasteiger partial charge on any atom is 0.245 e. The van der Waals surface area contributed by atoms with E-state index in [1.807, 2.05) is 11.8 Å². The molecule has 0 bridgehead atoms. The van der Waals surface area contributed by atoms with Gasteiger partial charge in [-0.3, -0.25) is 9.59 Å². The molecule has 1 aliphatic heterocycles. The number of nitrogens with zero attached hydrogens (tertiary/aromatic N) is 1. The summed E-state index contributed by atoms with van der Waals surface area (Å²) < 4.78 is 0. The largest absolute Gasteiger partial charge is 0.396 e. The molecule has 1 rings (SSSR count). The Bertz CT molecular complexity index is 363. The Labute approximate surface area is 140 Å². The fourth-order valence-electron chi connectivity index (χ4n) is 3.00. The minimum atomic E-state index is -0.404. The minimum absolute atomic E-state index is 0.0146. The average Bonchev–Trinajstić information content (AvgIpc) is 2.56. The first kappa shape index (κ1) is 19.9. The number of aliphatic hydroxyl groups excluding tert-OH is 1. The van der Waals surface area contributed by atoms with Crippen LogP contribution in [0.4, 0.5) is 0 Å². The van der Waals surface area contributed by atoms with Crippen LogP contribution in [-0.4, -0.2) is 47.6 Å². The maximum absolute atomic E-state index is 12.5. The highest BCUT2D eigenvalue weighted by Gasteiger charge is 2.27. The summed E-state index contributed by atoms with van der Waals surface area (Å²) in [6, 6.07) is -0.404. The third-order valence-corrected chi connectivity index (χ3v) is 4.66. The van der Waals surface area contributed by atoms with Crippen LogP contribution in [0.25, 0.3) is 0 Å². The van der Waals surface area contributed by atoms with Crippen molar-refractivity contribution in [3.05, 3.63) is 0 Å². The second-order valence-corrected chi connectivity index (χ2v) is 7.12. The molecule has 0 aromatic carbocycles. The number of aliphatic hydroxyl groups is 1. The predicted octanol–water partition coefficient (Wildman–Crippen LogP) is 2.33. The number of piperidine rings is 1. The van der Waals surface area contributed by atoms with Gasteiger partial charge in [0.1, 0.15) is 6.04 Å². The molecule has 1 aliphatic rings. The molecule has 0 radical (unpaired) electrons. The van der Waals surface area contributed by atoms with E-state index in [-0.39, 0.29) is 18.4 Å². The van der Waals surface area contributed by atoms with Crippen molar-refractivity contribution < 1.29 is 14.7 Å². The van der Waals surface area contributed by atoms with Crippen LogP contribution in [0.1, 0.15) is 65.7 Å². The van der Waals surface area contributed by atoms with Crippen molar-refractivity contribution in [1.29, 1.82) is 0 Å². The quantitative estimate of drug-likeness (QED) is 0.639. The van der Waals surface area contributed by atoms with E-state index in [0.717, 1.165) is 32.1 Å². The molecule has 134 valence electrons. The van der Waals surface area contributed by atoms with E-state index >= 15 is 0 Å². The van der Waals surface area contributed by atoms with Gasteiger partial charge < -0.3 is 15.3 Å². The highest BCUT2D eigenvalue weighted by molar-refractivity contribution is 5.87. The van der Waals surface area contributed by atoms with E-state index in [4.69, 9.17) is 5.11 Å². The number of hydrogen-bond acceptors (Lipinski definition) is 3. The third-order valence-electron chi connectivity index (χ3n) is 4.66. The molecule has 1 fully saturated rings. The van der Waals surface area contributed by atoms with Crippen molar-refractivity contribution in [3.63, 3.8) is 0 Å². The van der Waals surface area contributed by atoms with E-state index in [9.17, 15) is 9.59 Å². The lowest BCUT2D eigenvalue weighted by Gasteiger charge is -2.33.